The summed E-state index contributed by atoms with van der Waals surface area (Å²) in [6.45, 7) is 6.97. The van der Waals surface area contributed by atoms with Gasteiger partial charge in [0.05, 0.1) is 22.3 Å². The van der Waals surface area contributed by atoms with E-state index in [0.29, 0.717) is 22.3 Å². The third-order valence-electron chi connectivity index (χ3n) is 8.86. The summed E-state index contributed by atoms with van der Waals surface area (Å²) in [5.74, 6) is -4.79. The van der Waals surface area contributed by atoms with Crippen LogP contribution in [0.2, 0.25) is 0 Å². The summed E-state index contributed by atoms with van der Waals surface area (Å²) in [5, 5.41) is 38.5. The van der Waals surface area contributed by atoms with Crippen molar-refractivity contribution >= 4 is 23.9 Å². The lowest BCUT2D eigenvalue weighted by molar-refractivity contribution is 0.0685. The molecule has 48 heavy (non-hydrogen) atoms. The van der Waals surface area contributed by atoms with Gasteiger partial charge in [0.1, 0.15) is 0 Å². The molecule has 8 nitrogen and oxygen atoms in total. The first-order valence-electron chi connectivity index (χ1n) is 15.2. The number of hydrogen-bond donors (Lipinski definition) is 4. The zero-order chi connectivity index (χ0) is 34.9. The smallest absolute Gasteiger partial charge is 0.335 e. The highest BCUT2D eigenvalue weighted by Gasteiger charge is 2.24. The first kappa shape index (κ1) is 33.3. The molecule has 4 N–H and O–H groups in total. The van der Waals surface area contributed by atoms with Gasteiger partial charge in [0.2, 0.25) is 0 Å². The number of benzene rings is 5. The zero-order valence-corrected chi connectivity index (χ0v) is 26.8. The minimum absolute atomic E-state index is 0.196. The molecular weight excluding hydrogens is 608 g/mol. The van der Waals surface area contributed by atoms with Crippen LogP contribution in [-0.4, -0.2) is 44.3 Å². The summed E-state index contributed by atoms with van der Waals surface area (Å²) in [4.78, 5) is 47.0. The lowest BCUT2D eigenvalue weighted by atomic mass is 9.80. The highest BCUT2D eigenvalue weighted by atomic mass is 16.4. The molecule has 0 atom stereocenters. The second kappa shape index (κ2) is 13.4. The minimum Gasteiger partial charge on any atom is -0.478 e. The molecule has 0 radical (unpaired) electrons. The van der Waals surface area contributed by atoms with Crippen molar-refractivity contribution in [2.24, 2.45) is 0 Å². The average molecular weight is 643 g/mol. The summed E-state index contributed by atoms with van der Waals surface area (Å²) < 4.78 is 0. The van der Waals surface area contributed by atoms with E-state index in [9.17, 15) is 39.6 Å². The van der Waals surface area contributed by atoms with Crippen LogP contribution in [0.1, 0.15) is 109 Å². The molecule has 0 spiro atoms. The average Bonchev–Trinajstić information content (AvgIpc) is 3.01. The number of rotatable bonds is 10. The largest absolute Gasteiger partial charge is 0.478 e. The van der Waals surface area contributed by atoms with Crippen molar-refractivity contribution in [2.75, 3.05) is 0 Å². The highest BCUT2D eigenvalue weighted by Crippen LogP contribution is 2.38. The molecule has 242 valence electrons. The summed E-state index contributed by atoms with van der Waals surface area (Å²) >= 11 is 0. The standard InChI is InChI=1S/C40H34O8/c1-21-17-27(9-13-31(21)37(41)42)35(28-10-14-32(38(43)44)22(2)18-28)25-5-7-26(8-6-25)36(29-11-15-33(39(45)46)23(3)19-29)30-12-16-34(40(47)48)24(4)20-30/h5-20,35-36H,1-4H3,(H,41,42)(H,43,44)(H,45,46)(H,47,48). The topological polar surface area (TPSA) is 149 Å². The van der Waals surface area contributed by atoms with E-state index in [0.717, 1.165) is 33.4 Å². The van der Waals surface area contributed by atoms with E-state index in [2.05, 4.69) is 0 Å². The monoisotopic (exact) mass is 642 g/mol. The maximum Gasteiger partial charge on any atom is 0.335 e. The van der Waals surface area contributed by atoms with Crippen LogP contribution in [0.4, 0.5) is 0 Å². The van der Waals surface area contributed by atoms with Gasteiger partial charge in [0, 0.05) is 11.8 Å². The van der Waals surface area contributed by atoms with E-state index < -0.39 is 23.9 Å². The van der Waals surface area contributed by atoms with Gasteiger partial charge < -0.3 is 20.4 Å². The lowest BCUT2D eigenvalue weighted by Gasteiger charge is -2.24. The molecule has 0 bridgehead atoms. The normalized spacial score (nSPS) is 11.1. The zero-order valence-electron chi connectivity index (χ0n) is 26.8. The maximum atomic E-state index is 11.8. The molecule has 0 aliphatic carbocycles. The summed E-state index contributed by atoms with van der Waals surface area (Å²) in [5.41, 5.74) is 8.30. The van der Waals surface area contributed by atoms with Crippen molar-refractivity contribution in [3.8, 4) is 0 Å². The van der Waals surface area contributed by atoms with E-state index >= 15 is 0 Å². The molecule has 0 heterocycles. The fourth-order valence-corrected chi connectivity index (χ4v) is 6.46. The Labute approximate surface area is 277 Å². The van der Waals surface area contributed by atoms with E-state index in [1.165, 1.54) is 0 Å². The van der Waals surface area contributed by atoms with Crippen molar-refractivity contribution < 1.29 is 39.6 Å². The molecule has 0 aliphatic rings. The molecule has 8 heteroatoms. The Balaban J connectivity index is 1.66. The molecule has 0 saturated heterocycles. The van der Waals surface area contributed by atoms with Crippen LogP contribution in [0.25, 0.3) is 0 Å². The second-order valence-electron chi connectivity index (χ2n) is 12.1. The Morgan fingerprint density at radius 1 is 0.354 bits per heavy atom. The van der Waals surface area contributed by atoms with Gasteiger partial charge in [-0.15, -0.1) is 0 Å². The van der Waals surface area contributed by atoms with E-state index in [4.69, 9.17) is 0 Å². The van der Waals surface area contributed by atoms with E-state index in [1.54, 1.807) is 76.2 Å². The lowest BCUT2D eigenvalue weighted by Crippen LogP contribution is -2.10. The van der Waals surface area contributed by atoms with Gasteiger partial charge in [-0.25, -0.2) is 19.2 Å². The third-order valence-corrected chi connectivity index (χ3v) is 8.86. The van der Waals surface area contributed by atoms with Crippen molar-refractivity contribution in [1.82, 2.24) is 0 Å². The quantitative estimate of drug-likeness (QED) is 0.112. The third kappa shape index (κ3) is 6.59. The van der Waals surface area contributed by atoms with E-state index in [1.807, 2.05) is 48.5 Å². The Morgan fingerprint density at radius 2 is 0.542 bits per heavy atom. The molecule has 0 aromatic heterocycles. The summed E-state index contributed by atoms with van der Waals surface area (Å²) in [6.07, 6.45) is 0. The molecule has 0 saturated carbocycles. The van der Waals surface area contributed by atoms with Crippen LogP contribution >= 0.6 is 0 Å². The van der Waals surface area contributed by atoms with Crippen LogP contribution in [0.3, 0.4) is 0 Å². The Kier molecular flexibility index (Phi) is 9.29. The molecule has 0 amide bonds. The Morgan fingerprint density at radius 3 is 0.708 bits per heavy atom. The van der Waals surface area contributed by atoms with Crippen LogP contribution < -0.4 is 0 Å². The van der Waals surface area contributed by atoms with Crippen LogP contribution in [-0.2, 0) is 0 Å². The summed E-state index contributed by atoms with van der Waals surface area (Å²) in [7, 11) is 0. The van der Waals surface area contributed by atoms with Crippen molar-refractivity contribution in [3.05, 3.63) is 175 Å². The van der Waals surface area contributed by atoms with Crippen LogP contribution in [0.5, 0.6) is 0 Å². The molecule has 0 unspecified atom stereocenters. The van der Waals surface area contributed by atoms with Gasteiger partial charge in [-0.05, 0) is 108 Å². The van der Waals surface area contributed by atoms with Gasteiger partial charge >= 0.3 is 23.9 Å². The number of carboxylic acid groups (broad SMARTS) is 4. The van der Waals surface area contributed by atoms with Gasteiger partial charge in [-0.3, -0.25) is 0 Å². The SMILES string of the molecule is Cc1cc(C(c2ccc(C(c3ccc(C(=O)O)c(C)c3)c3ccc(C(=O)O)c(C)c3)cc2)c2ccc(C(=O)O)c(C)c2)ccc1C(=O)O. The number of aromatic carboxylic acids is 4. The minimum atomic E-state index is -1.02. The first-order valence-corrected chi connectivity index (χ1v) is 15.2. The highest BCUT2D eigenvalue weighted by molar-refractivity contribution is 5.91. The van der Waals surface area contributed by atoms with Gasteiger partial charge in [-0.1, -0.05) is 72.8 Å². The molecule has 0 fully saturated rings. The van der Waals surface area contributed by atoms with Crippen LogP contribution in [0.15, 0.2) is 97.1 Å². The van der Waals surface area contributed by atoms with E-state index in [-0.39, 0.29) is 34.1 Å². The number of hydrogen-bond acceptors (Lipinski definition) is 4. The van der Waals surface area contributed by atoms with Crippen LogP contribution in [0, 0.1) is 27.7 Å². The number of aryl methyl sites for hydroxylation is 4. The fourth-order valence-electron chi connectivity index (χ4n) is 6.46. The fraction of sp³-hybridized carbons (Fsp3) is 0.150. The molecular formula is C40H34O8. The molecule has 5 aromatic rings. The first-order chi connectivity index (χ1) is 22.8. The molecule has 5 rings (SSSR count). The molecule has 0 aliphatic heterocycles. The number of carbonyl (C=O) groups is 4. The van der Waals surface area contributed by atoms with Gasteiger partial charge in [0.25, 0.3) is 0 Å². The van der Waals surface area contributed by atoms with Crippen molar-refractivity contribution in [1.29, 1.82) is 0 Å². The predicted molar refractivity (Wildman–Crippen MR) is 181 cm³/mol. The second-order valence-corrected chi connectivity index (χ2v) is 12.1. The van der Waals surface area contributed by atoms with Gasteiger partial charge in [0.15, 0.2) is 0 Å². The maximum absolute atomic E-state index is 11.8. The Bertz CT molecular complexity index is 1810. The predicted octanol–water partition coefficient (Wildman–Crippen LogP) is 8.07. The number of carboxylic acids is 4. The van der Waals surface area contributed by atoms with Crippen molar-refractivity contribution in [2.45, 2.75) is 39.5 Å². The summed E-state index contributed by atoms with van der Waals surface area (Å²) in [6, 6.07) is 28.7. The molecule has 5 aromatic carbocycles. The van der Waals surface area contributed by atoms with Crippen molar-refractivity contribution in [3.63, 3.8) is 0 Å². The Hall–Kier alpha value is -6.02. The van der Waals surface area contributed by atoms with Gasteiger partial charge in [-0.2, -0.15) is 0 Å².